The number of carbonyl (C=O) groups excluding carboxylic acids is 2. The Morgan fingerprint density at radius 2 is 0.842 bits per heavy atom. The minimum Gasteiger partial charge on any atom is -0.756 e. The van der Waals surface area contributed by atoms with Crippen molar-refractivity contribution < 1.29 is 37.3 Å². The molecule has 0 saturated carbocycles. The van der Waals surface area contributed by atoms with E-state index in [-0.39, 0.29) is 24.9 Å². The van der Waals surface area contributed by atoms with Crippen LogP contribution >= 0.6 is 7.82 Å². The summed E-state index contributed by atoms with van der Waals surface area (Å²) in [7, 11) is 1.16. The van der Waals surface area contributed by atoms with Crippen LogP contribution in [0.15, 0.2) is 85.1 Å². The van der Waals surface area contributed by atoms with E-state index in [1.165, 1.54) is 141 Å². The largest absolute Gasteiger partial charge is 0.756 e. The number of hydrogen-bond donors (Lipinski definition) is 1. The van der Waals surface area contributed by atoms with E-state index in [1.807, 2.05) is 33.3 Å². The lowest BCUT2D eigenvalue weighted by Gasteiger charge is -2.30. The average Bonchev–Trinajstić information content (AvgIpc) is 3.38. The number of nitrogens with one attached hydrogen (secondary N) is 1. The molecule has 0 aliphatic carbocycles. The minimum absolute atomic E-state index is 0.0314. The van der Waals surface area contributed by atoms with Gasteiger partial charge in [0.15, 0.2) is 0 Å². The normalized spacial score (nSPS) is 14.2. The number of phosphoric ester groups is 1. The number of esters is 1. The zero-order valence-electron chi connectivity index (χ0n) is 50.2. The van der Waals surface area contributed by atoms with Crippen molar-refractivity contribution in [2.24, 2.45) is 0 Å². The standard InChI is InChI=1S/C66H119N2O7P/c1-7-10-13-16-19-22-25-28-30-32-33-34-35-37-39-41-44-47-50-53-56-59-66(70)75-64(57-54-51-48-45-42-27-24-21-18-15-12-9-3)63(62-74-76(71,72)73-61-60-68(4,5)6)67-65(69)58-55-52-49-46-43-40-38-36-31-29-26-23-20-17-14-11-8-2/h10,13,19,22,28,30,33-34,37,39,44,47,54,57,63-64H,7-9,11-12,14-18,20-21,23-27,29,31-32,35-36,38,40-43,45-46,48-53,55-56,58-62H2,1-6H3,(H-,67,69,71,72)/b13-10-,22-19-,30-28-,34-33-,39-37-,47-44-,57-54+. The fourth-order valence-corrected chi connectivity index (χ4v) is 9.48. The summed E-state index contributed by atoms with van der Waals surface area (Å²) in [6.45, 7) is 6.71. The number of phosphoric acid groups is 1. The van der Waals surface area contributed by atoms with Gasteiger partial charge in [0.1, 0.15) is 19.3 Å². The summed E-state index contributed by atoms with van der Waals surface area (Å²) in [5.41, 5.74) is 0. The Kier molecular flexibility index (Phi) is 53.5. The van der Waals surface area contributed by atoms with Gasteiger partial charge in [-0.3, -0.25) is 14.2 Å². The van der Waals surface area contributed by atoms with Gasteiger partial charge in [-0.25, -0.2) is 0 Å². The van der Waals surface area contributed by atoms with Crippen molar-refractivity contribution in [1.29, 1.82) is 0 Å². The van der Waals surface area contributed by atoms with Gasteiger partial charge < -0.3 is 28.5 Å². The summed E-state index contributed by atoms with van der Waals surface area (Å²) in [6, 6.07) is -0.908. The molecule has 0 bridgehead atoms. The Morgan fingerprint density at radius 1 is 0.474 bits per heavy atom. The van der Waals surface area contributed by atoms with E-state index in [4.69, 9.17) is 13.8 Å². The second-order valence-corrected chi connectivity index (χ2v) is 23.6. The van der Waals surface area contributed by atoms with Crippen molar-refractivity contribution in [2.45, 2.75) is 283 Å². The van der Waals surface area contributed by atoms with Crippen LogP contribution in [0.1, 0.15) is 271 Å². The van der Waals surface area contributed by atoms with Crippen molar-refractivity contribution in [3.63, 3.8) is 0 Å². The molecule has 3 unspecified atom stereocenters. The van der Waals surface area contributed by atoms with Gasteiger partial charge in [-0.2, -0.15) is 0 Å². The Labute approximate surface area is 469 Å². The summed E-state index contributed by atoms with van der Waals surface area (Å²) < 4.78 is 30.3. The molecule has 0 heterocycles. The molecule has 0 rings (SSSR count). The summed E-state index contributed by atoms with van der Waals surface area (Å²) in [5, 5.41) is 3.02. The molecule has 0 saturated heterocycles. The lowest BCUT2D eigenvalue weighted by atomic mass is 10.0. The molecule has 0 aromatic heterocycles. The van der Waals surface area contributed by atoms with E-state index in [0.717, 1.165) is 89.9 Å². The molecule has 0 fully saturated rings. The zero-order chi connectivity index (χ0) is 55.7. The molecular weight excluding hydrogens is 964 g/mol. The number of carbonyl (C=O) groups is 2. The molecule has 3 atom stereocenters. The lowest BCUT2D eigenvalue weighted by Crippen LogP contribution is -2.47. The Morgan fingerprint density at radius 3 is 1.28 bits per heavy atom. The van der Waals surface area contributed by atoms with Crippen molar-refractivity contribution in [3.8, 4) is 0 Å². The maximum atomic E-state index is 13.5. The van der Waals surface area contributed by atoms with Crippen LogP contribution in [0.25, 0.3) is 0 Å². The molecule has 9 nitrogen and oxygen atoms in total. The third kappa shape index (κ3) is 55.9. The summed E-state index contributed by atoms with van der Waals surface area (Å²) in [6.07, 6.45) is 72.6. The number of nitrogens with zero attached hydrogens (tertiary/aromatic N) is 1. The number of quaternary nitrogens is 1. The highest BCUT2D eigenvalue weighted by Crippen LogP contribution is 2.38. The van der Waals surface area contributed by atoms with Crippen molar-refractivity contribution in [3.05, 3.63) is 85.1 Å². The van der Waals surface area contributed by atoms with Crippen LogP contribution in [-0.4, -0.2) is 69.4 Å². The summed E-state index contributed by atoms with van der Waals surface area (Å²) >= 11 is 0. The van der Waals surface area contributed by atoms with E-state index in [0.29, 0.717) is 23.9 Å². The second-order valence-electron chi connectivity index (χ2n) is 22.2. The monoisotopic (exact) mass is 1080 g/mol. The summed E-state index contributed by atoms with van der Waals surface area (Å²) in [5.74, 6) is -0.588. The highest BCUT2D eigenvalue weighted by molar-refractivity contribution is 7.45. The van der Waals surface area contributed by atoms with Crippen molar-refractivity contribution in [1.82, 2.24) is 5.32 Å². The predicted octanol–water partition coefficient (Wildman–Crippen LogP) is 18.8. The quantitative estimate of drug-likeness (QED) is 0.0212. The second kappa shape index (κ2) is 55.5. The number of hydrogen-bond acceptors (Lipinski definition) is 7. The number of allylic oxidation sites excluding steroid dienone is 13. The first-order valence-electron chi connectivity index (χ1n) is 31.4. The van der Waals surface area contributed by atoms with Crippen LogP contribution < -0.4 is 10.2 Å². The van der Waals surface area contributed by atoms with Gasteiger partial charge in [-0.05, 0) is 83.1 Å². The van der Waals surface area contributed by atoms with Crippen LogP contribution in [0, 0.1) is 0 Å². The van der Waals surface area contributed by atoms with Gasteiger partial charge in [0, 0.05) is 12.8 Å². The Balaban J connectivity index is 5.32. The molecule has 0 aromatic rings. The molecular formula is C66H119N2O7P. The van der Waals surface area contributed by atoms with E-state index >= 15 is 0 Å². The predicted molar refractivity (Wildman–Crippen MR) is 325 cm³/mol. The van der Waals surface area contributed by atoms with Crippen LogP contribution in [0.4, 0.5) is 0 Å². The van der Waals surface area contributed by atoms with Gasteiger partial charge >= 0.3 is 5.97 Å². The van der Waals surface area contributed by atoms with Crippen LogP contribution in [0.5, 0.6) is 0 Å². The first-order chi connectivity index (χ1) is 36.9. The van der Waals surface area contributed by atoms with Crippen LogP contribution in [-0.2, 0) is 27.9 Å². The molecule has 1 N–H and O–H groups in total. The number of amides is 1. The lowest BCUT2D eigenvalue weighted by molar-refractivity contribution is -0.870. The fourth-order valence-electron chi connectivity index (χ4n) is 8.76. The van der Waals surface area contributed by atoms with Crippen LogP contribution in [0.3, 0.4) is 0 Å². The van der Waals surface area contributed by atoms with Gasteiger partial charge in [-0.1, -0.05) is 260 Å². The zero-order valence-corrected chi connectivity index (χ0v) is 51.1. The maximum absolute atomic E-state index is 13.5. The highest BCUT2D eigenvalue weighted by Gasteiger charge is 2.27. The average molecular weight is 1080 g/mol. The van der Waals surface area contributed by atoms with Gasteiger partial charge in [0.25, 0.3) is 7.82 Å². The molecule has 0 aliphatic rings. The Bertz CT molecular complexity index is 1580. The van der Waals surface area contributed by atoms with E-state index < -0.39 is 26.6 Å². The minimum atomic E-state index is -4.71. The molecule has 1 amide bonds. The number of likely N-dealkylation sites (N-methyl/N-ethyl adjacent to an activating group) is 1. The Hall–Kier alpha value is -2.81. The third-order valence-electron chi connectivity index (χ3n) is 13.6. The number of rotatable bonds is 56. The van der Waals surface area contributed by atoms with E-state index in [9.17, 15) is 19.0 Å². The van der Waals surface area contributed by atoms with Gasteiger partial charge in [0.2, 0.25) is 5.91 Å². The molecule has 440 valence electrons. The van der Waals surface area contributed by atoms with Crippen molar-refractivity contribution in [2.75, 3.05) is 40.9 Å². The molecule has 0 spiro atoms. The van der Waals surface area contributed by atoms with Gasteiger partial charge in [0.05, 0.1) is 33.8 Å². The third-order valence-corrected chi connectivity index (χ3v) is 14.6. The number of ether oxygens (including phenoxy) is 1. The SMILES string of the molecule is CC/C=C\C/C=C\C/C=C\C/C=C\C/C=C\C/C=C\CCCCC(=O)OC(/C=C/CCCCCCCCCCCC)C(COP(=O)([O-])OCC[N+](C)(C)C)NC(=O)CCCCCCCCCCCCCCCCCCC. The molecule has 0 radical (unpaired) electrons. The molecule has 0 aliphatic heterocycles. The first-order valence-corrected chi connectivity index (χ1v) is 32.9. The summed E-state index contributed by atoms with van der Waals surface area (Å²) in [4.78, 5) is 40.0. The van der Waals surface area contributed by atoms with E-state index in [1.54, 1.807) is 0 Å². The molecule has 76 heavy (non-hydrogen) atoms. The van der Waals surface area contributed by atoms with Gasteiger partial charge in [-0.15, -0.1) is 0 Å². The van der Waals surface area contributed by atoms with E-state index in [2.05, 4.69) is 99.0 Å². The molecule has 10 heteroatoms. The first kappa shape index (κ1) is 73.2. The molecule has 0 aromatic carbocycles. The fraction of sp³-hybridized carbons (Fsp3) is 0.758. The smallest absolute Gasteiger partial charge is 0.306 e. The highest BCUT2D eigenvalue weighted by atomic mass is 31.2. The van der Waals surface area contributed by atoms with Crippen molar-refractivity contribution >= 4 is 19.7 Å². The number of unbranched alkanes of at least 4 members (excludes halogenated alkanes) is 28. The maximum Gasteiger partial charge on any atom is 0.306 e. The van der Waals surface area contributed by atoms with Crippen LogP contribution in [0.2, 0.25) is 0 Å². The topological polar surface area (TPSA) is 114 Å².